The van der Waals surface area contributed by atoms with Gasteiger partial charge in [-0.05, 0) is 29.8 Å². The number of aromatic nitrogens is 2. The number of rotatable bonds is 3. The summed E-state index contributed by atoms with van der Waals surface area (Å²) >= 11 is 3.23. The summed E-state index contributed by atoms with van der Waals surface area (Å²) in [5.74, 6) is -1.09. The fraction of sp³-hybridized carbons (Fsp3) is 0.0769. The molecule has 0 fully saturated rings. The fourth-order valence-corrected chi connectivity index (χ4v) is 2.07. The quantitative estimate of drug-likeness (QED) is 0.848. The van der Waals surface area contributed by atoms with Crippen molar-refractivity contribution >= 4 is 28.0 Å². The van der Waals surface area contributed by atoms with E-state index >= 15 is 0 Å². The highest BCUT2D eigenvalue weighted by Gasteiger charge is 2.33. The fourth-order valence-electron chi connectivity index (χ4n) is 1.57. The van der Waals surface area contributed by atoms with Crippen LogP contribution in [0.1, 0.15) is 11.3 Å². The van der Waals surface area contributed by atoms with Gasteiger partial charge in [0.25, 0.3) is 0 Å². The molecule has 0 saturated carbocycles. The molecule has 1 aromatic carbocycles. The number of aliphatic carboxylic acids is 1. The first-order chi connectivity index (χ1) is 9.77. The Hall–Kier alpha value is -2.09. The Bertz CT molecular complexity index is 708. The molecule has 0 saturated heterocycles. The maximum Gasteiger partial charge on any atom is 0.435 e. The van der Waals surface area contributed by atoms with Crippen LogP contribution in [0.15, 0.2) is 41.0 Å². The Morgan fingerprint density at radius 1 is 1.33 bits per heavy atom. The molecule has 0 spiro atoms. The Morgan fingerprint density at radius 2 is 2.05 bits per heavy atom. The first-order valence-electron chi connectivity index (χ1n) is 5.61. The molecule has 2 rings (SSSR count). The Balaban J connectivity index is 2.32. The number of benzene rings is 1. The molecule has 8 heteroatoms. The molecular formula is C13H8BrF3N2O2. The second-order valence-corrected chi connectivity index (χ2v) is 4.88. The third-order valence-corrected chi connectivity index (χ3v) is 3.22. The Morgan fingerprint density at radius 3 is 2.57 bits per heavy atom. The van der Waals surface area contributed by atoms with Crippen LogP contribution in [0, 0.1) is 0 Å². The number of hydrogen-bond donors (Lipinski definition) is 1. The minimum absolute atomic E-state index is 0.421. The average molecular weight is 361 g/mol. The third kappa shape index (κ3) is 3.72. The van der Waals surface area contributed by atoms with Crippen molar-refractivity contribution in [2.75, 3.05) is 0 Å². The van der Waals surface area contributed by atoms with E-state index in [9.17, 15) is 18.0 Å². The molecule has 1 N–H and O–H groups in total. The first-order valence-corrected chi connectivity index (χ1v) is 6.40. The lowest BCUT2D eigenvalue weighted by molar-refractivity contribution is -0.141. The van der Waals surface area contributed by atoms with E-state index in [2.05, 4.69) is 21.0 Å². The maximum absolute atomic E-state index is 12.5. The highest BCUT2D eigenvalue weighted by atomic mass is 79.9. The van der Waals surface area contributed by atoms with Crippen LogP contribution in [0.2, 0.25) is 0 Å². The van der Waals surface area contributed by atoms with E-state index in [0.29, 0.717) is 15.7 Å². The zero-order chi connectivity index (χ0) is 15.6. The zero-order valence-electron chi connectivity index (χ0n) is 10.3. The molecule has 0 radical (unpaired) electrons. The van der Waals surface area contributed by atoms with E-state index in [1.54, 1.807) is 18.2 Å². The van der Waals surface area contributed by atoms with Gasteiger partial charge >= 0.3 is 12.1 Å². The highest BCUT2D eigenvalue weighted by molar-refractivity contribution is 9.10. The van der Waals surface area contributed by atoms with Crippen molar-refractivity contribution in [2.45, 2.75) is 6.18 Å². The summed E-state index contributed by atoms with van der Waals surface area (Å²) in [5, 5.41) is 12.0. The van der Waals surface area contributed by atoms with E-state index in [0.717, 1.165) is 16.8 Å². The number of carbonyl (C=O) groups is 1. The number of alkyl halides is 3. The molecule has 0 aliphatic heterocycles. The number of carboxylic acid groups (broad SMARTS) is 1. The minimum atomic E-state index is -4.49. The second-order valence-electron chi connectivity index (χ2n) is 4.02. The molecule has 0 bridgehead atoms. The largest absolute Gasteiger partial charge is 0.478 e. The van der Waals surface area contributed by atoms with Gasteiger partial charge in [-0.15, -0.1) is 0 Å². The van der Waals surface area contributed by atoms with Crippen LogP contribution in [0.3, 0.4) is 0 Å². The van der Waals surface area contributed by atoms with Gasteiger partial charge in [-0.2, -0.15) is 18.3 Å². The molecule has 110 valence electrons. The van der Waals surface area contributed by atoms with Gasteiger partial charge in [0, 0.05) is 16.7 Å². The Kier molecular flexibility index (Phi) is 4.17. The van der Waals surface area contributed by atoms with E-state index < -0.39 is 17.8 Å². The van der Waals surface area contributed by atoms with E-state index in [1.807, 2.05) is 0 Å². The highest BCUT2D eigenvalue weighted by Crippen LogP contribution is 2.28. The molecule has 0 unspecified atom stereocenters. The van der Waals surface area contributed by atoms with Crippen LogP contribution in [0.4, 0.5) is 13.2 Å². The first kappa shape index (κ1) is 15.3. The molecule has 0 atom stereocenters. The van der Waals surface area contributed by atoms with Crippen molar-refractivity contribution in [3.8, 4) is 5.69 Å². The van der Waals surface area contributed by atoms with Crippen molar-refractivity contribution in [1.82, 2.24) is 9.78 Å². The summed E-state index contributed by atoms with van der Waals surface area (Å²) in [7, 11) is 0. The van der Waals surface area contributed by atoms with Crippen molar-refractivity contribution in [1.29, 1.82) is 0 Å². The minimum Gasteiger partial charge on any atom is -0.478 e. The van der Waals surface area contributed by atoms with Crippen LogP contribution < -0.4 is 0 Å². The number of nitrogens with zero attached hydrogens (tertiary/aromatic N) is 2. The smallest absolute Gasteiger partial charge is 0.435 e. The van der Waals surface area contributed by atoms with Crippen LogP contribution in [0.5, 0.6) is 0 Å². The standard InChI is InChI=1S/C13H8BrF3N2O2/c14-10-7-9(3-1-8(10)2-4-12(20)21)19-6-5-11(18-19)13(15,16)17/h1-7H,(H,20,21)/b4-2+. The summed E-state index contributed by atoms with van der Waals surface area (Å²) in [5.41, 5.74) is 0.0303. The van der Waals surface area contributed by atoms with Gasteiger partial charge in [0.1, 0.15) is 0 Å². The molecule has 2 aromatic rings. The van der Waals surface area contributed by atoms with Crippen LogP contribution >= 0.6 is 15.9 Å². The second kappa shape index (κ2) is 5.72. The van der Waals surface area contributed by atoms with E-state index in [1.165, 1.54) is 12.3 Å². The van der Waals surface area contributed by atoms with Crippen LogP contribution in [-0.2, 0) is 11.0 Å². The lowest BCUT2D eigenvalue weighted by Gasteiger charge is -2.05. The van der Waals surface area contributed by atoms with Crippen molar-refractivity contribution in [2.24, 2.45) is 0 Å². The van der Waals surface area contributed by atoms with Crippen molar-refractivity contribution < 1.29 is 23.1 Å². The summed E-state index contributed by atoms with van der Waals surface area (Å²) < 4.78 is 39.1. The summed E-state index contributed by atoms with van der Waals surface area (Å²) in [6, 6.07) is 5.55. The van der Waals surface area contributed by atoms with Gasteiger partial charge in [0.05, 0.1) is 5.69 Å². The lowest BCUT2D eigenvalue weighted by Crippen LogP contribution is -2.07. The van der Waals surface area contributed by atoms with E-state index in [4.69, 9.17) is 5.11 Å². The predicted octanol–water partition coefficient (Wildman–Crippen LogP) is 3.75. The summed E-state index contributed by atoms with van der Waals surface area (Å²) in [6.45, 7) is 0. The average Bonchev–Trinajstić information content (AvgIpc) is 2.86. The molecule has 0 aliphatic rings. The molecule has 1 heterocycles. The molecule has 0 amide bonds. The van der Waals surface area contributed by atoms with Gasteiger partial charge in [-0.1, -0.05) is 22.0 Å². The zero-order valence-corrected chi connectivity index (χ0v) is 11.9. The van der Waals surface area contributed by atoms with Gasteiger partial charge in [-0.25, -0.2) is 9.48 Å². The molecule has 21 heavy (non-hydrogen) atoms. The predicted molar refractivity (Wildman–Crippen MR) is 72.9 cm³/mol. The van der Waals surface area contributed by atoms with Gasteiger partial charge in [0.2, 0.25) is 0 Å². The van der Waals surface area contributed by atoms with Crippen LogP contribution in [-0.4, -0.2) is 20.9 Å². The number of halogens is 4. The molecule has 1 aromatic heterocycles. The van der Waals surface area contributed by atoms with Crippen molar-refractivity contribution in [3.63, 3.8) is 0 Å². The SMILES string of the molecule is O=C(O)/C=C/c1ccc(-n2ccc(C(F)(F)F)n2)cc1Br. The van der Waals surface area contributed by atoms with Crippen molar-refractivity contribution in [3.05, 3.63) is 52.3 Å². The maximum atomic E-state index is 12.5. The molecule has 0 aliphatic carbocycles. The normalized spacial score (nSPS) is 12.0. The van der Waals surface area contributed by atoms with Gasteiger partial charge < -0.3 is 5.11 Å². The number of hydrogen-bond acceptors (Lipinski definition) is 2. The molecule has 4 nitrogen and oxygen atoms in total. The van der Waals surface area contributed by atoms with Gasteiger partial charge in [0.15, 0.2) is 5.69 Å². The van der Waals surface area contributed by atoms with E-state index in [-0.39, 0.29) is 0 Å². The Labute approximate surface area is 125 Å². The van der Waals surface area contributed by atoms with Crippen LogP contribution in [0.25, 0.3) is 11.8 Å². The molecular weight excluding hydrogens is 353 g/mol. The number of carboxylic acids is 1. The summed E-state index contributed by atoms with van der Waals surface area (Å²) in [4.78, 5) is 10.4. The third-order valence-electron chi connectivity index (χ3n) is 2.53. The van der Waals surface area contributed by atoms with Gasteiger partial charge in [-0.3, -0.25) is 0 Å². The topological polar surface area (TPSA) is 55.1 Å². The lowest BCUT2D eigenvalue weighted by atomic mass is 10.2. The monoisotopic (exact) mass is 360 g/mol. The summed E-state index contributed by atoms with van der Waals surface area (Å²) in [6.07, 6.45) is -0.945.